The fourth-order valence-electron chi connectivity index (χ4n) is 1.98. The minimum absolute atomic E-state index is 0.332. The Bertz CT molecular complexity index is 518. The molecule has 0 spiro atoms. The molecule has 0 bridgehead atoms. The van der Waals surface area contributed by atoms with E-state index in [4.69, 9.17) is 5.11 Å². The van der Waals surface area contributed by atoms with Gasteiger partial charge in [-0.1, -0.05) is 12.1 Å². The quantitative estimate of drug-likeness (QED) is 0.836. The van der Waals surface area contributed by atoms with Crippen molar-refractivity contribution in [3.8, 4) is 0 Å². The van der Waals surface area contributed by atoms with E-state index in [2.05, 4.69) is 23.0 Å². The van der Waals surface area contributed by atoms with Crippen molar-refractivity contribution in [2.24, 2.45) is 0 Å². The summed E-state index contributed by atoms with van der Waals surface area (Å²) in [6.07, 6.45) is 4.95. The van der Waals surface area contributed by atoms with Gasteiger partial charge < -0.3 is 15.0 Å². The highest BCUT2D eigenvalue weighted by molar-refractivity contribution is 5.87. The Morgan fingerprint density at radius 3 is 2.53 bits per heavy atom. The van der Waals surface area contributed by atoms with Crippen molar-refractivity contribution in [2.75, 3.05) is 13.6 Å². The largest absolute Gasteiger partial charge is 0.478 e. The fourth-order valence-corrected chi connectivity index (χ4v) is 1.98. The van der Waals surface area contributed by atoms with Crippen molar-refractivity contribution in [3.05, 3.63) is 59.4 Å². The number of aromatic amines is 1. The number of likely N-dealkylation sites (N-methyl/N-ethyl adjacent to an activating group) is 1. The number of hydrogen-bond donors (Lipinski definition) is 2. The number of H-pyrrole nitrogens is 1. The second-order valence-electron chi connectivity index (χ2n) is 4.71. The van der Waals surface area contributed by atoms with E-state index in [-0.39, 0.29) is 0 Å². The maximum absolute atomic E-state index is 10.8. The highest BCUT2D eigenvalue weighted by Gasteiger charge is 2.04. The molecular formula is C15H18N2O2. The first-order valence-corrected chi connectivity index (χ1v) is 6.27. The summed E-state index contributed by atoms with van der Waals surface area (Å²) in [5.74, 6) is -0.882. The number of rotatable bonds is 6. The number of carbonyl (C=O) groups is 1. The lowest BCUT2D eigenvalue weighted by atomic mass is 10.1. The standard InChI is InChI=1S/C15H18N2O2/c1-17(9-7-12-6-8-16-10-12)11-13-2-4-14(5-3-13)15(18)19/h2-6,8,10,16H,7,9,11H2,1H3,(H,18,19). The number of carboxylic acids is 1. The Morgan fingerprint density at radius 2 is 1.95 bits per heavy atom. The van der Waals surface area contributed by atoms with Crippen LogP contribution >= 0.6 is 0 Å². The van der Waals surface area contributed by atoms with Gasteiger partial charge in [0, 0.05) is 25.5 Å². The number of aromatic carboxylic acids is 1. The molecule has 4 heteroatoms. The van der Waals surface area contributed by atoms with E-state index in [9.17, 15) is 4.79 Å². The van der Waals surface area contributed by atoms with Crippen LogP contribution in [0.3, 0.4) is 0 Å². The summed E-state index contributed by atoms with van der Waals surface area (Å²) >= 11 is 0. The maximum atomic E-state index is 10.8. The predicted molar refractivity (Wildman–Crippen MR) is 74.2 cm³/mol. The lowest BCUT2D eigenvalue weighted by molar-refractivity contribution is 0.0697. The molecular weight excluding hydrogens is 240 g/mol. The molecule has 0 radical (unpaired) electrons. The van der Waals surface area contributed by atoms with E-state index in [0.29, 0.717) is 5.56 Å². The van der Waals surface area contributed by atoms with Gasteiger partial charge in [0.25, 0.3) is 0 Å². The maximum Gasteiger partial charge on any atom is 0.335 e. The van der Waals surface area contributed by atoms with Gasteiger partial charge in [0.05, 0.1) is 5.56 Å². The van der Waals surface area contributed by atoms with Crippen molar-refractivity contribution in [3.63, 3.8) is 0 Å². The molecule has 2 rings (SSSR count). The highest BCUT2D eigenvalue weighted by Crippen LogP contribution is 2.08. The molecule has 0 atom stereocenters. The van der Waals surface area contributed by atoms with Crippen LogP contribution in [0.5, 0.6) is 0 Å². The molecule has 2 N–H and O–H groups in total. The Labute approximate surface area is 112 Å². The van der Waals surface area contributed by atoms with E-state index >= 15 is 0 Å². The molecule has 0 aliphatic rings. The van der Waals surface area contributed by atoms with Gasteiger partial charge in [0.2, 0.25) is 0 Å². The Hall–Kier alpha value is -2.07. The zero-order chi connectivity index (χ0) is 13.7. The van der Waals surface area contributed by atoms with Crippen molar-refractivity contribution in [1.29, 1.82) is 0 Å². The average Bonchev–Trinajstić information content (AvgIpc) is 2.90. The van der Waals surface area contributed by atoms with Crippen LogP contribution in [0.2, 0.25) is 0 Å². The molecule has 1 aromatic heterocycles. The van der Waals surface area contributed by atoms with E-state index in [1.807, 2.05) is 24.5 Å². The van der Waals surface area contributed by atoms with Crippen molar-refractivity contribution in [2.45, 2.75) is 13.0 Å². The van der Waals surface area contributed by atoms with Crippen molar-refractivity contribution < 1.29 is 9.90 Å². The minimum atomic E-state index is -0.882. The summed E-state index contributed by atoms with van der Waals surface area (Å²) in [4.78, 5) is 16.0. The van der Waals surface area contributed by atoms with Crippen LogP contribution in [0.25, 0.3) is 0 Å². The van der Waals surface area contributed by atoms with Gasteiger partial charge in [0.15, 0.2) is 0 Å². The van der Waals surface area contributed by atoms with Crippen LogP contribution in [0, 0.1) is 0 Å². The molecule has 0 amide bonds. The first-order chi connectivity index (χ1) is 9.15. The van der Waals surface area contributed by atoms with Crippen LogP contribution in [0.4, 0.5) is 0 Å². The zero-order valence-electron chi connectivity index (χ0n) is 11.0. The van der Waals surface area contributed by atoms with Gasteiger partial charge >= 0.3 is 5.97 Å². The molecule has 1 aromatic carbocycles. The molecule has 0 unspecified atom stereocenters. The molecule has 19 heavy (non-hydrogen) atoms. The second-order valence-corrected chi connectivity index (χ2v) is 4.71. The number of nitrogens with one attached hydrogen (secondary N) is 1. The molecule has 0 aliphatic heterocycles. The predicted octanol–water partition coefficient (Wildman–Crippen LogP) is 2.39. The third kappa shape index (κ3) is 3.96. The summed E-state index contributed by atoms with van der Waals surface area (Å²) in [6.45, 7) is 1.79. The number of aromatic nitrogens is 1. The van der Waals surface area contributed by atoms with Crippen LogP contribution in [-0.2, 0) is 13.0 Å². The van der Waals surface area contributed by atoms with E-state index in [1.165, 1.54) is 5.56 Å². The molecule has 1 heterocycles. The summed E-state index contributed by atoms with van der Waals surface area (Å²) in [7, 11) is 2.07. The Balaban J connectivity index is 1.84. The number of benzene rings is 1. The van der Waals surface area contributed by atoms with Crippen LogP contribution in [-0.4, -0.2) is 34.6 Å². The number of nitrogens with zero attached hydrogens (tertiary/aromatic N) is 1. The Kier molecular flexibility index (Phi) is 4.36. The molecule has 0 fully saturated rings. The lowest BCUT2D eigenvalue weighted by Gasteiger charge is -2.16. The van der Waals surface area contributed by atoms with Crippen LogP contribution in [0.15, 0.2) is 42.7 Å². The molecule has 2 aromatic rings. The van der Waals surface area contributed by atoms with Crippen molar-refractivity contribution >= 4 is 5.97 Å². The van der Waals surface area contributed by atoms with Gasteiger partial charge in [0.1, 0.15) is 0 Å². The molecule has 0 aliphatic carbocycles. The second kappa shape index (κ2) is 6.20. The van der Waals surface area contributed by atoms with E-state index in [0.717, 1.165) is 25.1 Å². The van der Waals surface area contributed by atoms with Gasteiger partial charge in [-0.15, -0.1) is 0 Å². The van der Waals surface area contributed by atoms with Gasteiger partial charge in [-0.25, -0.2) is 4.79 Å². The zero-order valence-corrected chi connectivity index (χ0v) is 11.0. The number of hydrogen-bond acceptors (Lipinski definition) is 2. The molecule has 0 saturated heterocycles. The highest BCUT2D eigenvalue weighted by atomic mass is 16.4. The van der Waals surface area contributed by atoms with Gasteiger partial charge in [-0.2, -0.15) is 0 Å². The van der Waals surface area contributed by atoms with E-state index < -0.39 is 5.97 Å². The summed E-state index contributed by atoms with van der Waals surface area (Å²) in [6, 6.07) is 9.12. The summed E-state index contributed by atoms with van der Waals surface area (Å²) < 4.78 is 0. The SMILES string of the molecule is CN(CCc1cc[nH]c1)Cc1ccc(C(=O)O)cc1. The van der Waals surface area contributed by atoms with Crippen LogP contribution in [0.1, 0.15) is 21.5 Å². The third-order valence-electron chi connectivity index (χ3n) is 3.10. The number of carboxylic acid groups (broad SMARTS) is 1. The smallest absolute Gasteiger partial charge is 0.335 e. The van der Waals surface area contributed by atoms with Gasteiger partial charge in [-0.3, -0.25) is 0 Å². The summed E-state index contributed by atoms with van der Waals surface area (Å²) in [5, 5.41) is 8.83. The monoisotopic (exact) mass is 258 g/mol. The molecule has 4 nitrogen and oxygen atoms in total. The normalized spacial score (nSPS) is 10.8. The molecule has 0 saturated carbocycles. The molecule has 100 valence electrons. The average molecular weight is 258 g/mol. The van der Waals surface area contributed by atoms with Gasteiger partial charge in [-0.05, 0) is 42.8 Å². The van der Waals surface area contributed by atoms with Crippen molar-refractivity contribution in [1.82, 2.24) is 9.88 Å². The Morgan fingerprint density at radius 1 is 1.21 bits per heavy atom. The lowest BCUT2D eigenvalue weighted by Crippen LogP contribution is -2.20. The first kappa shape index (κ1) is 13.4. The minimum Gasteiger partial charge on any atom is -0.478 e. The summed E-state index contributed by atoms with van der Waals surface area (Å²) in [5.41, 5.74) is 2.76. The fraction of sp³-hybridized carbons (Fsp3) is 0.267. The van der Waals surface area contributed by atoms with Crippen LogP contribution < -0.4 is 0 Å². The first-order valence-electron chi connectivity index (χ1n) is 6.27. The van der Waals surface area contributed by atoms with E-state index in [1.54, 1.807) is 12.1 Å². The topological polar surface area (TPSA) is 56.3 Å². The third-order valence-corrected chi connectivity index (χ3v) is 3.10.